The summed E-state index contributed by atoms with van der Waals surface area (Å²) in [7, 11) is 2.02. The number of hydrogen-bond donors (Lipinski definition) is 1. The SMILES string of the molecule is CCCNC(Cc1cc(CC)nn1C)C1COCCO1. The van der Waals surface area contributed by atoms with Crippen molar-refractivity contribution < 1.29 is 9.47 Å². The summed E-state index contributed by atoms with van der Waals surface area (Å²) in [6.45, 7) is 7.41. The van der Waals surface area contributed by atoms with Crippen LogP contribution in [-0.2, 0) is 29.4 Å². The molecule has 1 N–H and O–H groups in total. The molecule has 1 aromatic rings. The molecule has 1 fully saturated rings. The minimum atomic E-state index is 0.135. The van der Waals surface area contributed by atoms with Gasteiger partial charge in [0.05, 0.1) is 31.6 Å². The fourth-order valence-corrected chi connectivity index (χ4v) is 2.56. The van der Waals surface area contributed by atoms with Crippen LogP contribution in [0, 0.1) is 0 Å². The Morgan fingerprint density at radius 3 is 2.90 bits per heavy atom. The van der Waals surface area contributed by atoms with Crippen LogP contribution >= 0.6 is 0 Å². The normalized spacial score (nSPS) is 21.1. The van der Waals surface area contributed by atoms with Crippen LogP contribution in [0.3, 0.4) is 0 Å². The zero-order valence-electron chi connectivity index (χ0n) is 12.9. The van der Waals surface area contributed by atoms with E-state index in [0.717, 1.165) is 31.5 Å². The van der Waals surface area contributed by atoms with Crippen LogP contribution in [-0.4, -0.2) is 48.3 Å². The van der Waals surface area contributed by atoms with Crippen molar-refractivity contribution in [2.24, 2.45) is 7.05 Å². The van der Waals surface area contributed by atoms with E-state index < -0.39 is 0 Å². The zero-order chi connectivity index (χ0) is 14.4. The maximum absolute atomic E-state index is 5.87. The van der Waals surface area contributed by atoms with Gasteiger partial charge in [0.25, 0.3) is 0 Å². The molecule has 5 heteroatoms. The van der Waals surface area contributed by atoms with Crippen molar-refractivity contribution in [3.63, 3.8) is 0 Å². The fourth-order valence-electron chi connectivity index (χ4n) is 2.56. The minimum Gasteiger partial charge on any atom is -0.376 e. The highest BCUT2D eigenvalue weighted by Crippen LogP contribution is 2.13. The quantitative estimate of drug-likeness (QED) is 0.818. The number of rotatable bonds is 7. The highest BCUT2D eigenvalue weighted by molar-refractivity contribution is 5.12. The van der Waals surface area contributed by atoms with Gasteiger partial charge < -0.3 is 14.8 Å². The molecule has 0 saturated carbocycles. The Kier molecular flexibility index (Phi) is 6.01. The fraction of sp³-hybridized carbons (Fsp3) is 0.800. The molecular formula is C15H27N3O2. The number of nitrogens with zero attached hydrogens (tertiary/aromatic N) is 2. The van der Waals surface area contributed by atoms with Crippen LogP contribution in [0.25, 0.3) is 0 Å². The highest BCUT2D eigenvalue weighted by Gasteiger charge is 2.26. The predicted molar refractivity (Wildman–Crippen MR) is 78.9 cm³/mol. The first-order chi connectivity index (χ1) is 9.74. The van der Waals surface area contributed by atoms with E-state index in [9.17, 15) is 0 Å². The van der Waals surface area contributed by atoms with E-state index in [2.05, 4.69) is 30.3 Å². The summed E-state index contributed by atoms with van der Waals surface area (Å²) in [6, 6.07) is 2.49. The Balaban J connectivity index is 2.03. The summed E-state index contributed by atoms with van der Waals surface area (Å²) in [6.07, 6.45) is 3.16. The Morgan fingerprint density at radius 1 is 1.45 bits per heavy atom. The maximum Gasteiger partial charge on any atom is 0.0965 e. The molecule has 0 bridgehead atoms. The standard InChI is InChI=1S/C15H27N3O2/c1-4-6-16-14(15-11-19-7-8-20-15)10-13-9-12(5-2)17-18(13)3/h9,14-16H,4-8,10-11H2,1-3H3. The molecule has 114 valence electrons. The van der Waals surface area contributed by atoms with Crippen LogP contribution in [0.1, 0.15) is 31.7 Å². The molecule has 1 aromatic heterocycles. The molecule has 2 unspecified atom stereocenters. The number of aromatic nitrogens is 2. The average Bonchev–Trinajstić information content (AvgIpc) is 2.84. The first kappa shape index (κ1) is 15.5. The second-order valence-corrected chi connectivity index (χ2v) is 5.35. The van der Waals surface area contributed by atoms with Crippen LogP contribution < -0.4 is 5.32 Å². The molecule has 0 aliphatic carbocycles. The highest BCUT2D eigenvalue weighted by atomic mass is 16.6. The van der Waals surface area contributed by atoms with Gasteiger partial charge in [-0.2, -0.15) is 5.10 Å². The van der Waals surface area contributed by atoms with Gasteiger partial charge in [-0.3, -0.25) is 4.68 Å². The van der Waals surface area contributed by atoms with Crippen LogP contribution in [0.2, 0.25) is 0 Å². The lowest BCUT2D eigenvalue weighted by Crippen LogP contribution is -2.48. The summed E-state index contributed by atoms with van der Waals surface area (Å²) in [5.41, 5.74) is 2.40. The Labute approximate surface area is 121 Å². The van der Waals surface area contributed by atoms with Crippen molar-refractivity contribution in [3.05, 3.63) is 17.5 Å². The van der Waals surface area contributed by atoms with Crippen LogP contribution in [0.4, 0.5) is 0 Å². The molecule has 1 aliphatic rings. The molecule has 20 heavy (non-hydrogen) atoms. The van der Waals surface area contributed by atoms with E-state index in [0.29, 0.717) is 19.8 Å². The Hall–Kier alpha value is -0.910. The molecule has 0 radical (unpaired) electrons. The molecule has 0 spiro atoms. The van der Waals surface area contributed by atoms with Crippen LogP contribution in [0.15, 0.2) is 6.07 Å². The maximum atomic E-state index is 5.87. The van der Waals surface area contributed by atoms with Crippen LogP contribution in [0.5, 0.6) is 0 Å². The molecule has 2 atom stereocenters. The van der Waals surface area contributed by atoms with Gasteiger partial charge in [-0.25, -0.2) is 0 Å². The van der Waals surface area contributed by atoms with Crippen molar-refractivity contribution >= 4 is 0 Å². The van der Waals surface area contributed by atoms with E-state index >= 15 is 0 Å². The first-order valence-electron chi connectivity index (χ1n) is 7.69. The molecule has 1 saturated heterocycles. The van der Waals surface area contributed by atoms with Gasteiger partial charge in [0.1, 0.15) is 0 Å². The van der Waals surface area contributed by atoms with Gasteiger partial charge in [0.15, 0.2) is 0 Å². The van der Waals surface area contributed by atoms with E-state index in [-0.39, 0.29) is 12.1 Å². The molecule has 5 nitrogen and oxygen atoms in total. The van der Waals surface area contributed by atoms with Gasteiger partial charge in [-0.1, -0.05) is 13.8 Å². The van der Waals surface area contributed by atoms with Gasteiger partial charge >= 0.3 is 0 Å². The lowest BCUT2D eigenvalue weighted by Gasteiger charge is -2.31. The van der Waals surface area contributed by atoms with E-state index in [4.69, 9.17) is 9.47 Å². The molecule has 1 aliphatic heterocycles. The minimum absolute atomic E-state index is 0.135. The first-order valence-corrected chi connectivity index (χ1v) is 7.69. The van der Waals surface area contributed by atoms with Gasteiger partial charge in [-0.05, 0) is 25.5 Å². The molecule has 0 aromatic carbocycles. The van der Waals surface area contributed by atoms with E-state index in [1.54, 1.807) is 0 Å². The molecule has 2 heterocycles. The number of hydrogen-bond acceptors (Lipinski definition) is 4. The summed E-state index contributed by atoms with van der Waals surface area (Å²) < 4.78 is 13.4. The summed E-state index contributed by atoms with van der Waals surface area (Å²) in [4.78, 5) is 0. The van der Waals surface area contributed by atoms with Crippen molar-refractivity contribution in [2.45, 2.75) is 45.3 Å². The van der Waals surface area contributed by atoms with Crippen molar-refractivity contribution in [1.29, 1.82) is 0 Å². The van der Waals surface area contributed by atoms with Gasteiger partial charge in [0.2, 0.25) is 0 Å². The smallest absolute Gasteiger partial charge is 0.0965 e. The summed E-state index contributed by atoms with van der Waals surface area (Å²) >= 11 is 0. The lowest BCUT2D eigenvalue weighted by atomic mass is 10.0. The number of aryl methyl sites for hydroxylation is 2. The number of ether oxygens (including phenoxy) is 2. The lowest BCUT2D eigenvalue weighted by molar-refractivity contribution is -0.101. The largest absolute Gasteiger partial charge is 0.376 e. The number of nitrogens with one attached hydrogen (secondary N) is 1. The zero-order valence-corrected chi connectivity index (χ0v) is 12.9. The third kappa shape index (κ3) is 4.04. The third-order valence-electron chi connectivity index (χ3n) is 3.77. The van der Waals surface area contributed by atoms with Gasteiger partial charge in [0, 0.05) is 25.2 Å². The molecular weight excluding hydrogens is 254 g/mol. The van der Waals surface area contributed by atoms with E-state index in [1.807, 2.05) is 11.7 Å². The van der Waals surface area contributed by atoms with E-state index in [1.165, 1.54) is 5.69 Å². The van der Waals surface area contributed by atoms with Gasteiger partial charge in [-0.15, -0.1) is 0 Å². The molecule has 0 amide bonds. The molecule has 2 rings (SSSR count). The van der Waals surface area contributed by atoms with Crippen molar-refractivity contribution in [2.75, 3.05) is 26.4 Å². The third-order valence-corrected chi connectivity index (χ3v) is 3.77. The second-order valence-electron chi connectivity index (χ2n) is 5.35. The second kappa shape index (κ2) is 7.76. The van der Waals surface area contributed by atoms with Crippen molar-refractivity contribution in [1.82, 2.24) is 15.1 Å². The predicted octanol–water partition coefficient (Wildman–Crippen LogP) is 1.31. The summed E-state index contributed by atoms with van der Waals surface area (Å²) in [5, 5.41) is 8.12. The summed E-state index contributed by atoms with van der Waals surface area (Å²) in [5.74, 6) is 0. The Morgan fingerprint density at radius 2 is 2.30 bits per heavy atom. The Bertz CT molecular complexity index is 400. The average molecular weight is 281 g/mol. The monoisotopic (exact) mass is 281 g/mol. The van der Waals surface area contributed by atoms with Crippen molar-refractivity contribution in [3.8, 4) is 0 Å². The topological polar surface area (TPSA) is 48.3 Å².